The summed E-state index contributed by atoms with van der Waals surface area (Å²) in [6, 6.07) is 9.64. The van der Waals surface area contributed by atoms with E-state index >= 15 is 0 Å². The van der Waals surface area contributed by atoms with E-state index in [1.54, 1.807) is 31.2 Å². The number of nitrogen functional groups attached to an aromatic ring is 1. The second kappa shape index (κ2) is 4.52. The van der Waals surface area contributed by atoms with Gasteiger partial charge in [-0.3, -0.25) is 0 Å². The number of benzene rings is 2. The maximum absolute atomic E-state index is 14.1. The van der Waals surface area contributed by atoms with E-state index in [-0.39, 0.29) is 17.2 Å². The third kappa shape index (κ3) is 1.87. The Hall–Kier alpha value is -2.56. The number of fused-ring (bicyclic) bond motifs is 1. The van der Waals surface area contributed by atoms with Crippen LogP contribution in [-0.2, 0) is 0 Å². The minimum Gasteiger partial charge on any atom is -0.383 e. The molecule has 2 N–H and O–H groups in total. The zero-order chi connectivity index (χ0) is 14.3. The molecule has 20 heavy (non-hydrogen) atoms. The van der Waals surface area contributed by atoms with Crippen molar-refractivity contribution in [3.63, 3.8) is 0 Å². The molecule has 3 rings (SSSR count). The second-order valence-electron chi connectivity index (χ2n) is 4.50. The van der Waals surface area contributed by atoms with E-state index in [9.17, 15) is 8.78 Å². The van der Waals surface area contributed by atoms with Crippen molar-refractivity contribution in [1.82, 2.24) is 9.97 Å². The van der Waals surface area contributed by atoms with Gasteiger partial charge < -0.3 is 5.73 Å². The van der Waals surface area contributed by atoms with Crippen molar-refractivity contribution in [3.05, 3.63) is 53.6 Å². The first-order valence-corrected chi connectivity index (χ1v) is 6.05. The number of halogens is 2. The summed E-state index contributed by atoms with van der Waals surface area (Å²) in [5.74, 6) is -1.21. The quantitative estimate of drug-likeness (QED) is 0.737. The zero-order valence-corrected chi connectivity index (χ0v) is 10.7. The van der Waals surface area contributed by atoms with Gasteiger partial charge >= 0.3 is 0 Å². The van der Waals surface area contributed by atoms with Crippen LogP contribution >= 0.6 is 0 Å². The van der Waals surface area contributed by atoms with Gasteiger partial charge in [-0.2, -0.15) is 0 Å². The summed E-state index contributed by atoms with van der Waals surface area (Å²) in [5, 5.41) is 0.657. The van der Waals surface area contributed by atoms with Gasteiger partial charge in [0, 0.05) is 5.39 Å². The van der Waals surface area contributed by atoms with E-state index < -0.39 is 11.6 Å². The second-order valence-corrected chi connectivity index (χ2v) is 4.50. The van der Waals surface area contributed by atoms with Gasteiger partial charge in [0.1, 0.15) is 17.5 Å². The van der Waals surface area contributed by atoms with Crippen molar-refractivity contribution in [1.29, 1.82) is 0 Å². The predicted octanol–water partition coefficient (Wildman–Crippen LogP) is 3.47. The van der Waals surface area contributed by atoms with Crippen molar-refractivity contribution in [2.24, 2.45) is 0 Å². The van der Waals surface area contributed by atoms with E-state index in [4.69, 9.17) is 5.73 Å². The van der Waals surface area contributed by atoms with E-state index in [1.807, 2.05) is 0 Å². The third-order valence-electron chi connectivity index (χ3n) is 3.14. The maximum atomic E-state index is 14.1. The molecule has 1 heterocycles. The number of para-hydroxylation sites is 1. The molecule has 0 fully saturated rings. The highest BCUT2D eigenvalue weighted by molar-refractivity contribution is 5.89. The van der Waals surface area contributed by atoms with Crippen LogP contribution in [0.2, 0.25) is 0 Å². The fourth-order valence-corrected chi connectivity index (χ4v) is 2.07. The number of hydrogen-bond donors (Lipinski definition) is 1. The van der Waals surface area contributed by atoms with Crippen molar-refractivity contribution < 1.29 is 8.78 Å². The standard InChI is InChI=1S/C15H11F2N3/c1-8-6-7-10(16)12(13(8)17)15-19-11-5-3-2-4-9(11)14(18)20-15/h2-7H,1H3,(H2,18,19,20). The lowest BCUT2D eigenvalue weighted by molar-refractivity contribution is 0.582. The fraction of sp³-hybridized carbons (Fsp3) is 0.0667. The van der Waals surface area contributed by atoms with E-state index in [0.717, 1.165) is 0 Å². The smallest absolute Gasteiger partial charge is 0.168 e. The monoisotopic (exact) mass is 271 g/mol. The molecule has 0 radical (unpaired) electrons. The molecule has 100 valence electrons. The molecule has 0 aliphatic heterocycles. The molecule has 5 heteroatoms. The molecular formula is C15H11F2N3. The Balaban J connectivity index is 2.33. The van der Waals surface area contributed by atoms with Gasteiger partial charge in [-0.25, -0.2) is 18.7 Å². The first kappa shape index (κ1) is 12.5. The minimum absolute atomic E-state index is 0.0418. The average molecular weight is 271 g/mol. The molecule has 0 spiro atoms. The van der Waals surface area contributed by atoms with Gasteiger partial charge in [0.05, 0.1) is 11.1 Å². The molecular weight excluding hydrogens is 260 g/mol. The van der Waals surface area contributed by atoms with Gasteiger partial charge in [-0.15, -0.1) is 0 Å². The highest BCUT2D eigenvalue weighted by Crippen LogP contribution is 2.28. The van der Waals surface area contributed by atoms with Crippen LogP contribution in [0, 0.1) is 18.6 Å². The molecule has 0 atom stereocenters. The molecule has 2 aromatic carbocycles. The minimum atomic E-state index is -0.706. The molecule has 1 aromatic heterocycles. The van der Waals surface area contributed by atoms with E-state index in [1.165, 1.54) is 12.1 Å². The van der Waals surface area contributed by atoms with Crippen LogP contribution in [-0.4, -0.2) is 9.97 Å². The van der Waals surface area contributed by atoms with Crippen molar-refractivity contribution in [2.75, 3.05) is 5.73 Å². The number of hydrogen-bond acceptors (Lipinski definition) is 3. The van der Waals surface area contributed by atoms with Crippen LogP contribution < -0.4 is 5.73 Å². The van der Waals surface area contributed by atoms with E-state index in [0.29, 0.717) is 16.5 Å². The van der Waals surface area contributed by atoms with Crippen LogP contribution in [0.1, 0.15) is 5.56 Å². The Morgan fingerprint density at radius 3 is 2.55 bits per heavy atom. The lowest BCUT2D eigenvalue weighted by Gasteiger charge is -2.08. The molecule has 0 aliphatic carbocycles. The summed E-state index contributed by atoms with van der Waals surface area (Å²) in [5.41, 5.74) is 6.47. The number of anilines is 1. The number of nitrogens with two attached hydrogens (primary N) is 1. The summed E-state index contributed by atoms with van der Waals surface area (Å²) in [7, 11) is 0. The molecule has 0 saturated carbocycles. The fourth-order valence-electron chi connectivity index (χ4n) is 2.07. The number of aromatic nitrogens is 2. The third-order valence-corrected chi connectivity index (χ3v) is 3.14. The van der Waals surface area contributed by atoms with Crippen LogP contribution in [0.15, 0.2) is 36.4 Å². The Morgan fingerprint density at radius 1 is 1.00 bits per heavy atom. The first-order chi connectivity index (χ1) is 9.58. The highest BCUT2D eigenvalue weighted by Gasteiger charge is 2.17. The van der Waals surface area contributed by atoms with E-state index in [2.05, 4.69) is 9.97 Å². The number of aryl methyl sites for hydroxylation is 1. The van der Waals surface area contributed by atoms with Gasteiger partial charge in [0.25, 0.3) is 0 Å². The van der Waals surface area contributed by atoms with Gasteiger partial charge in [0.15, 0.2) is 5.82 Å². The predicted molar refractivity (Wildman–Crippen MR) is 74.0 cm³/mol. The summed E-state index contributed by atoms with van der Waals surface area (Å²) < 4.78 is 28.0. The van der Waals surface area contributed by atoms with Gasteiger partial charge in [-0.05, 0) is 30.7 Å². The summed E-state index contributed by atoms with van der Waals surface area (Å²) in [6.07, 6.45) is 0. The van der Waals surface area contributed by atoms with Gasteiger partial charge in [-0.1, -0.05) is 18.2 Å². The SMILES string of the molecule is Cc1ccc(F)c(-c2nc(N)c3ccccc3n2)c1F. The van der Waals surface area contributed by atoms with Crippen LogP contribution in [0.25, 0.3) is 22.3 Å². The van der Waals surface area contributed by atoms with Crippen LogP contribution in [0.4, 0.5) is 14.6 Å². The number of nitrogens with zero attached hydrogens (tertiary/aromatic N) is 2. The molecule has 0 aliphatic rings. The highest BCUT2D eigenvalue weighted by atomic mass is 19.1. The molecule has 0 saturated heterocycles. The van der Waals surface area contributed by atoms with Crippen molar-refractivity contribution >= 4 is 16.7 Å². The average Bonchev–Trinajstić information content (AvgIpc) is 2.44. The Morgan fingerprint density at radius 2 is 1.75 bits per heavy atom. The number of rotatable bonds is 1. The Kier molecular flexibility index (Phi) is 2.82. The topological polar surface area (TPSA) is 51.8 Å². The zero-order valence-electron chi connectivity index (χ0n) is 10.7. The van der Waals surface area contributed by atoms with Crippen LogP contribution in [0.5, 0.6) is 0 Å². The molecule has 3 nitrogen and oxygen atoms in total. The largest absolute Gasteiger partial charge is 0.383 e. The normalized spacial score (nSPS) is 10.9. The summed E-state index contributed by atoms with van der Waals surface area (Å²) in [4.78, 5) is 8.22. The molecule has 0 bridgehead atoms. The van der Waals surface area contributed by atoms with Gasteiger partial charge in [0.2, 0.25) is 0 Å². The maximum Gasteiger partial charge on any atom is 0.168 e. The lowest BCUT2D eigenvalue weighted by Crippen LogP contribution is -2.01. The van der Waals surface area contributed by atoms with Crippen molar-refractivity contribution in [3.8, 4) is 11.4 Å². The van der Waals surface area contributed by atoms with Crippen molar-refractivity contribution in [2.45, 2.75) is 6.92 Å². The Labute approximate surface area is 114 Å². The summed E-state index contributed by atoms with van der Waals surface area (Å²) in [6.45, 7) is 1.56. The first-order valence-electron chi connectivity index (χ1n) is 6.05. The lowest BCUT2D eigenvalue weighted by atomic mass is 10.1. The van der Waals surface area contributed by atoms with Crippen LogP contribution in [0.3, 0.4) is 0 Å². The molecule has 0 unspecified atom stereocenters. The molecule has 3 aromatic rings. The Bertz CT molecular complexity index is 816. The summed E-state index contributed by atoms with van der Waals surface area (Å²) >= 11 is 0. The molecule has 0 amide bonds.